The van der Waals surface area contributed by atoms with E-state index in [1.54, 1.807) is 26.8 Å². The molecule has 98 valence electrons. The summed E-state index contributed by atoms with van der Waals surface area (Å²) in [6, 6.07) is -0.912. The van der Waals surface area contributed by atoms with Gasteiger partial charge in [0.25, 0.3) is 0 Å². The maximum Gasteiger partial charge on any atom is 0.408 e. The normalized spacial score (nSPS) is 12.6. The second-order valence-electron chi connectivity index (χ2n) is 4.76. The van der Waals surface area contributed by atoms with Gasteiger partial charge in [0.05, 0.1) is 0 Å². The lowest BCUT2D eigenvalue weighted by Crippen LogP contribution is -2.43. The van der Waals surface area contributed by atoms with Gasteiger partial charge in [-0.05, 0) is 40.0 Å². The third-order valence-electron chi connectivity index (χ3n) is 1.89. The van der Waals surface area contributed by atoms with Gasteiger partial charge in [0.1, 0.15) is 11.6 Å². The SMILES string of the molecule is C=CCCC[C@@H](NC(=O)OC(C)(C)C)C(=O)O. The maximum atomic E-state index is 11.4. The number of carbonyl (C=O) groups excluding carboxylic acids is 1. The predicted molar refractivity (Wildman–Crippen MR) is 64.8 cm³/mol. The van der Waals surface area contributed by atoms with Crippen molar-refractivity contribution in [1.82, 2.24) is 5.32 Å². The molecule has 5 heteroatoms. The molecule has 2 N–H and O–H groups in total. The summed E-state index contributed by atoms with van der Waals surface area (Å²) in [5, 5.41) is 11.3. The Morgan fingerprint density at radius 1 is 1.47 bits per heavy atom. The second-order valence-corrected chi connectivity index (χ2v) is 4.76. The molecule has 5 nitrogen and oxygen atoms in total. The number of carboxylic acids is 1. The largest absolute Gasteiger partial charge is 0.480 e. The Morgan fingerprint density at radius 3 is 2.47 bits per heavy atom. The highest BCUT2D eigenvalue weighted by Crippen LogP contribution is 2.08. The van der Waals surface area contributed by atoms with E-state index in [0.29, 0.717) is 12.8 Å². The van der Waals surface area contributed by atoms with E-state index in [1.807, 2.05) is 0 Å². The van der Waals surface area contributed by atoms with Gasteiger partial charge in [-0.1, -0.05) is 6.08 Å². The van der Waals surface area contributed by atoms with Crippen LogP contribution >= 0.6 is 0 Å². The monoisotopic (exact) mass is 243 g/mol. The zero-order valence-corrected chi connectivity index (χ0v) is 10.7. The Balaban J connectivity index is 4.20. The Hall–Kier alpha value is -1.52. The van der Waals surface area contributed by atoms with Gasteiger partial charge < -0.3 is 15.2 Å². The molecule has 0 fully saturated rings. The fourth-order valence-corrected chi connectivity index (χ4v) is 1.17. The van der Waals surface area contributed by atoms with Gasteiger partial charge in [0.15, 0.2) is 0 Å². The number of alkyl carbamates (subject to hydrolysis) is 1. The van der Waals surface area contributed by atoms with Crippen molar-refractivity contribution in [3.8, 4) is 0 Å². The molecule has 0 aliphatic heterocycles. The quantitative estimate of drug-likeness (QED) is 0.554. The fraction of sp³-hybridized carbons (Fsp3) is 0.667. The van der Waals surface area contributed by atoms with Crippen LogP contribution in [0.5, 0.6) is 0 Å². The van der Waals surface area contributed by atoms with Crippen LogP contribution in [-0.2, 0) is 9.53 Å². The lowest BCUT2D eigenvalue weighted by atomic mass is 10.1. The zero-order chi connectivity index (χ0) is 13.5. The van der Waals surface area contributed by atoms with E-state index >= 15 is 0 Å². The standard InChI is InChI=1S/C12H21NO4/c1-5-6-7-8-9(10(14)15)13-11(16)17-12(2,3)4/h5,9H,1,6-8H2,2-4H3,(H,13,16)(H,14,15)/t9-/m1/s1. The summed E-state index contributed by atoms with van der Waals surface area (Å²) in [5.74, 6) is -1.06. The van der Waals surface area contributed by atoms with Gasteiger partial charge in [-0.15, -0.1) is 6.58 Å². The number of unbranched alkanes of at least 4 members (excludes halogenated alkanes) is 1. The van der Waals surface area contributed by atoms with Crippen LogP contribution < -0.4 is 5.32 Å². The topological polar surface area (TPSA) is 75.6 Å². The van der Waals surface area contributed by atoms with Crippen LogP contribution in [0, 0.1) is 0 Å². The minimum absolute atomic E-state index is 0.362. The molecule has 0 bridgehead atoms. The highest BCUT2D eigenvalue weighted by molar-refractivity contribution is 5.79. The number of carbonyl (C=O) groups is 2. The molecule has 0 saturated carbocycles. The number of allylic oxidation sites excluding steroid dienone is 1. The zero-order valence-electron chi connectivity index (χ0n) is 10.7. The molecule has 0 radical (unpaired) electrons. The Kier molecular flexibility index (Phi) is 6.31. The number of ether oxygens (including phenoxy) is 1. The number of carboxylic acid groups (broad SMARTS) is 1. The van der Waals surface area contributed by atoms with Crippen LogP contribution in [0.2, 0.25) is 0 Å². The third-order valence-corrected chi connectivity index (χ3v) is 1.89. The minimum Gasteiger partial charge on any atom is -0.480 e. The van der Waals surface area contributed by atoms with Gasteiger partial charge in [-0.25, -0.2) is 9.59 Å². The first-order valence-corrected chi connectivity index (χ1v) is 5.59. The van der Waals surface area contributed by atoms with E-state index in [0.717, 1.165) is 6.42 Å². The molecule has 0 aromatic rings. The van der Waals surface area contributed by atoms with Gasteiger partial charge in [0.2, 0.25) is 0 Å². The average Bonchev–Trinajstić information content (AvgIpc) is 2.13. The summed E-state index contributed by atoms with van der Waals surface area (Å²) < 4.78 is 4.99. The second kappa shape index (κ2) is 6.93. The molecule has 0 aliphatic carbocycles. The smallest absolute Gasteiger partial charge is 0.408 e. The number of hydrogen-bond acceptors (Lipinski definition) is 3. The number of rotatable bonds is 6. The van der Waals surface area contributed by atoms with Crippen LogP contribution in [0.1, 0.15) is 40.0 Å². The lowest BCUT2D eigenvalue weighted by Gasteiger charge is -2.21. The Labute approximate surface area is 102 Å². The van der Waals surface area contributed by atoms with Crippen molar-refractivity contribution < 1.29 is 19.4 Å². The minimum atomic E-state index is -1.06. The molecule has 0 aliphatic rings. The number of amides is 1. The van der Waals surface area contributed by atoms with E-state index in [-0.39, 0.29) is 0 Å². The highest BCUT2D eigenvalue weighted by Gasteiger charge is 2.23. The van der Waals surface area contributed by atoms with Crippen LogP contribution in [0.25, 0.3) is 0 Å². The summed E-state index contributed by atoms with van der Waals surface area (Å²) in [6.07, 6.45) is 2.76. The van der Waals surface area contributed by atoms with Crippen LogP contribution in [0.15, 0.2) is 12.7 Å². The van der Waals surface area contributed by atoms with Crippen molar-refractivity contribution in [3.63, 3.8) is 0 Å². The average molecular weight is 243 g/mol. The van der Waals surface area contributed by atoms with Crippen molar-refractivity contribution in [2.45, 2.75) is 51.7 Å². The van der Waals surface area contributed by atoms with Crippen LogP contribution in [-0.4, -0.2) is 28.8 Å². The molecule has 0 heterocycles. The summed E-state index contributed by atoms with van der Waals surface area (Å²) in [5.41, 5.74) is -0.631. The molecule has 17 heavy (non-hydrogen) atoms. The van der Waals surface area contributed by atoms with E-state index < -0.39 is 23.7 Å². The predicted octanol–water partition coefficient (Wildman–Crippen LogP) is 2.32. The van der Waals surface area contributed by atoms with Gasteiger partial charge in [-0.2, -0.15) is 0 Å². The van der Waals surface area contributed by atoms with Crippen LogP contribution in [0.3, 0.4) is 0 Å². The van der Waals surface area contributed by atoms with Crippen molar-refractivity contribution in [2.24, 2.45) is 0 Å². The first kappa shape index (κ1) is 15.5. The molecule has 0 saturated heterocycles. The van der Waals surface area contributed by atoms with E-state index in [4.69, 9.17) is 9.84 Å². The van der Waals surface area contributed by atoms with Crippen LogP contribution in [0.4, 0.5) is 4.79 Å². The lowest BCUT2D eigenvalue weighted by molar-refractivity contribution is -0.139. The maximum absolute atomic E-state index is 11.4. The molecule has 0 aromatic carbocycles. The van der Waals surface area contributed by atoms with Crippen molar-refractivity contribution in [1.29, 1.82) is 0 Å². The number of nitrogens with one attached hydrogen (secondary N) is 1. The molecular weight excluding hydrogens is 222 g/mol. The molecule has 0 spiro atoms. The third kappa shape index (κ3) is 8.30. The molecular formula is C12H21NO4. The van der Waals surface area contributed by atoms with Crippen molar-refractivity contribution in [2.75, 3.05) is 0 Å². The van der Waals surface area contributed by atoms with Crippen molar-refractivity contribution >= 4 is 12.1 Å². The van der Waals surface area contributed by atoms with Gasteiger partial charge >= 0.3 is 12.1 Å². The van der Waals surface area contributed by atoms with E-state index in [2.05, 4.69) is 11.9 Å². The number of aliphatic carboxylic acids is 1. The molecule has 1 amide bonds. The molecule has 0 aromatic heterocycles. The first-order valence-electron chi connectivity index (χ1n) is 5.59. The molecule has 1 atom stereocenters. The summed E-state index contributed by atoms with van der Waals surface area (Å²) in [7, 11) is 0. The molecule has 0 unspecified atom stereocenters. The number of hydrogen-bond donors (Lipinski definition) is 2. The highest BCUT2D eigenvalue weighted by atomic mass is 16.6. The summed E-state index contributed by atoms with van der Waals surface area (Å²) in [6.45, 7) is 8.72. The fourth-order valence-electron chi connectivity index (χ4n) is 1.17. The summed E-state index contributed by atoms with van der Waals surface area (Å²) in [4.78, 5) is 22.3. The van der Waals surface area contributed by atoms with E-state index in [9.17, 15) is 9.59 Å². The molecule has 0 rings (SSSR count). The first-order chi connectivity index (χ1) is 7.76. The van der Waals surface area contributed by atoms with Gasteiger partial charge in [0, 0.05) is 0 Å². The van der Waals surface area contributed by atoms with Crippen molar-refractivity contribution in [3.05, 3.63) is 12.7 Å². The van der Waals surface area contributed by atoms with Gasteiger partial charge in [-0.3, -0.25) is 0 Å². The Morgan fingerprint density at radius 2 is 2.06 bits per heavy atom. The van der Waals surface area contributed by atoms with E-state index in [1.165, 1.54) is 0 Å². The Bertz CT molecular complexity index is 281. The summed E-state index contributed by atoms with van der Waals surface area (Å²) >= 11 is 0.